The Labute approximate surface area is 120 Å². The first-order chi connectivity index (χ1) is 9.18. The van der Waals surface area contributed by atoms with E-state index in [-0.39, 0.29) is 5.75 Å². The minimum Gasteiger partial charge on any atom is -0.504 e. The normalized spacial score (nSPS) is 21.8. The van der Waals surface area contributed by atoms with Gasteiger partial charge in [0.2, 0.25) is 0 Å². The predicted octanol–water partition coefficient (Wildman–Crippen LogP) is 2.03. The standard InChI is InChI=1S/C14H22BNO4/c1-13(2)14(3,4)20-15(19-13)12(16)9-6-7-10(17)11(8-9)18-5/h6-8,12,17H,16H2,1-5H3/t12-/m0/s1. The second-order valence-electron chi connectivity index (χ2n) is 6.08. The van der Waals surface area contributed by atoms with Gasteiger partial charge in [-0.15, -0.1) is 0 Å². The van der Waals surface area contributed by atoms with Gasteiger partial charge in [0.05, 0.1) is 24.3 Å². The molecule has 3 N–H and O–H groups in total. The van der Waals surface area contributed by atoms with E-state index >= 15 is 0 Å². The maximum atomic E-state index is 9.62. The number of phenolic OH excluding ortho intramolecular Hbond substituents is 1. The van der Waals surface area contributed by atoms with Crippen LogP contribution in [0.1, 0.15) is 39.2 Å². The summed E-state index contributed by atoms with van der Waals surface area (Å²) in [4.78, 5) is 0. The second-order valence-corrected chi connectivity index (χ2v) is 6.08. The molecule has 0 aliphatic carbocycles. The van der Waals surface area contributed by atoms with Crippen molar-refractivity contribution in [2.75, 3.05) is 7.11 Å². The summed E-state index contributed by atoms with van der Waals surface area (Å²) in [6, 6.07) is 5.00. The minimum atomic E-state index is -0.533. The van der Waals surface area contributed by atoms with Gasteiger partial charge in [-0.2, -0.15) is 0 Å². The highest BCUT2D eigenvalue weighted by atomic mass is 16.7. The highest BCUT2D eigenvalue weighted by Crippen LogP contribution is 2.40. The lowest BCUT2D eigenvalue weighted by Gasteiger charge is -2.32. The molecule has 1 aromatic rings. The van der Waals surface area contributed by atoms with Crippen LogP contribution in [0.2, 0.25) is 0 Å². The summed E-state index contributed by atoms with van der Waals surface area (Å²) >= 11 is 0. The molecular weight excluding hydrogens is 257 g/mol. The summed E-state index contributed by atoms with van der Waals surface area (Å²) in [6.07, 6.45) is 0. The molecule has 1 heterocycles. The van der Waals surface area contributed by atoms with Crippen LogP contribution in [-0.2, 0) is 9.31 Å². The number of hydrogen-bond donors (Lipinski definition) is 2. The van der Waals surface area contributed by atoms with Crippen LogP contribution in [0.3, 0.4) is 0 Å². The Hall–Kier alpha value is -1.24. The van der Waals surface area contributed by atoms with Crippen molar-refractivity contribution in [2.24, 2.45) is 5.73 Å². The molecule has 0 amide bonds. The maximum Gasteiger partial charge on any atom is 0.480 e. The summed E-state index contributed by atoms with van der Waals surface area (Å²) in [5.41, 5.74) is 6.18. The molecule has 1 aromatic carbocycles. The van der Waals surface area contributed by atoms with Crippen LogP contribution in [-0.4, -0.2) is 30.5 Å². The Kier molecular flexibility index (Phi) is 3.75. The second kappa shape index (κ2) is 4.95. The van der Waals surface area contributed by atoms with Crippen molar-refractivity contribution >= 4 is 7.12 Å². The zero-order valence-electron chi connectivity index (χ0n) is 12.6. The van der Waals surface area contributed by atoms with Gasteiger partial charge in [0, 0.05) is 0 Å². The predicted molar refractivity (Wildman–Crippen MR) is 77.7 cm³/mol. The zero-order valence-corrected chi connectivity index (χ0v) is 12.6. The number of benzene rings is 1. The van der Waals surface area contributed by atoms with E-state index in [1.54, 1.807) is 18.2 Å². The quantitative estimate of drug-likeness (QED) is 0.828. The van der Waals surface area contributed by atoms with Crippen LogP contribution in [0.15, 0.2) is 18.2 Å². The molecule has 0 aromatic heterocycles. The monoisotopic (exact) mass is 279 g/mol. The number of ether oxygens (including phenoxy) is 1. The number of aromatic hydroxyl groups is 1. The molecule has 1 saturated heterocycles. The first kappa shape index (κ1) is 15.2. The molecule has 1 atom stereocenters. The van der Waals surface area contributed by atoms with Gasteiger partial charge in [-0.25, -0.2) is 0 Å². The lowest BCUT2D eigenvalue weighted by Crippen LogP contribution is -2.41. The lowest BCUT2D eigenvalue weighted by atomic mass is 9.75. The number of methoxy groups -OCH3 is 1. The molecular formula is C14H22BNO4. The van der Waals surface area contributed by atoms with Gasteiger partial charge < -0.3 is 24.9 Å². The fraction of sp³-hybridized carbons (Fsp3) is 0.571. The first-order valence-electron chi connectivity index (χ1n) is 6.66. The molecule has 1 fully saturated rings. The summed E-state index contributed by atoms with van der Waals surface area (Å²) < 4.78 is 17.0. The highest BCUT2D eigenvalue weighted by Gasteiger charge is 2.53. The average Bonchev–Trinajstić information content (AvgIpc) is 2.58. The SMILES string of the molecule is COc1cc([C@H](N)B2OC(C)(C)C(C)(C)O2)ccc1O. The van der Waals surface area contributed by atoms with Crippen molar-refractivity contribution < 1.29 is 19.2 Å². The summed E-state index contributed by atoms with van der Waals surface area (Å²) in [7, 11) is 0.966. The summed E-state index contributed by atoms with van der Waals surface area (Å²) in [6.45, 7) is 7.93. The molecule has 110 valence electrons. The smallest absolute Gasteiger partial charge is 0.480 e. The fourth-order valence-electron chi connectivity index (χ4n) is 2.09. The van der Waals surface area contributed by atoms with E-state index in [1.165, 1.54) is 7.11 Å². The van der Waals surface area contributed by atoms with Crippen molar-refractivity contribution in [3.05, 3.63) is 23.8 Å². The summed E-state index contributed by atoms with van der Waals surface area (Å²) in [5, 5.41) is 9.62. The Morgan fingerprint density at radius 3 is 2.25 bits per heavy atom. The van der Waals surface area contributed by atoms with Gasteiger partial charge in [0.1, 0.15) is 0 Å². The minimum absolute atomic E-state index is 0.0809. The van der Waals surface area contributed by atoms with Crippen molar-refractivity contribution in [1.29, 1.82) is 0 Å². The first-order valence-corrected chi connectivity index (χ1v) is 6.66. The van der Waals surface area contributed by atoms with E-state index in [0.717, 1.165) is 5.56 Å². The van der Waals surface area contributed by atoms with Gasteiger partial charge >= 0.3 is 7.12 Å². The molecule has 0 unspecified atom stereocenters. The van der Waals surface area contributed by atoms with E-state index in [1.807, 2.05) is 27.7 Å². The lowest BCUT2D eigenvalue weighted by molar-refractivity contribution is 0.00578. The Morgan fingerprint density at radius 1 is 1.20 bits per heavy atom. The number of rotatable bonds is 3. The molecule has 1 aliphatic heterocycles. The van der Waals surface area contributed by atoms with Crippen molar-refractivity contribution in [2.45, 2.75) is 44.8 Å². The van der Waals surface area contributed by atoms with Gasteiger partial charge in [-0.1, -0.05) is 6.07 Å². The topological polar surface area (TPSA) is 73.9 Å². The zero-order chi connectivity index (χ0) is 15.1. The number of nitrogens with two attached hydrogens (primary N) is 1. The molecule has 2 rings (SSSR count). The molecule has 5 nitrogen and oxygen atoms in total. The molecule has 6 heteroatoms. The Balaban J connectivity index is 2.23. The van der Waals surface area contributed by atoms with Crippen LogP contribution >= 0.6 is 0 Å². The van der Waals surface area contributed by atoms with E-state index < -0.39 is 24.3 Å². The Morgan fingerprint density at radius 2 is 1.75 bits per heavy atom. The van der Waals surface area contributed by atoms with Crippen LogP contribution in [0.25, 0.3) is 0 Å². The summed E-state index contributed by atoms with van der Waals surface area (Å²) in [5.74, 6) is 0.0115. The van der Waals surface area contributed by atoms with Gasteiger partial charge in [0.25, 0.3) is 0 Å². The molecule has 0 radical (unpaired) electrons. The third kappa shape index (κ3) is 2.51. The van der Waals surface area contributed by atoms with Crippen molar-refractivity contribution in [3.63, 3.8) is 0 Å². The van der Waals surface area contributed by atoms with E-state index in [4.69, 9.17) is 19.8 Å². The van der Waals surface area contributed by atoms with Crippen molar-refractivity contribution in [1.82, 2.24) is 0 Å². The van der Waals surface area contributed by atoms with Crippen LogP contribution in [0, 0.1) is 0 Å². The van der Waals surface area contributed by atoms with Crippen molar-refractivity contribution in [3.8, 4) is 11.5 Å². The fourth-order valence-corrected chi connectivity index (χ4v) is 2.09. The third-order valence-corrected chi connectivity index (χ3v) is 4.15. The largest absolute Gasteiger partial charge is 0.504 e. The van der Waals surface area contributed by atoms with E-state index in [9.17, 15) is 5.11 Å². The molecule has 1 aliphatic rings. The third-order valence-electron chi connectivity index (χ3n) is 4.15. The van der Waals surface area contributed by atoms with Crippen LogP contribution < -0.4 is 10.5 Å². The Bertz CT molecular complexity index is 488. The number of hydrogen-bond acceptors (Lipinski definition) is 5. The van der Waals surface area contributed by atoms with Gasteiger partial charge in [0.15, 0.2) is 11.5 Å². The van der Waals surface area contributed by atoms with Gasteiger partial charge in [-0.3, -0.25) is 0 Å². The molecule has 0 bridgehead atoms. The van der Waals surface area contributed by atoms with E-state index in [0.29, 0.717) is 5.75 Å². The van der Waals surface area contributed by atoms with Crippen LogP contribution in [0.5, 0.6) is 11.5 Å². The highest BCUT2D eigenvalue weighted by molar-refractivity contribution is 6.47. The average molecular weight is 279 g/mol. The molecule has 20 heavy (non-hydrogen) atoms. The maximum absolute atomic E-state index is 9.62. The molecule has 0 saturated carbocycles. The van der Waals surface area contributed by atoms with Crippen LogP contribution in [0.4, 0.5) is 0 Å². The number of phenols is 1. The molecule has 0 spiro atoms. The van der Waals surface area contributed by atoms with Gasteiger partial charge in [-0.05, 0) is 45.4 Å². The van der Waals surface area contributed by atoms with E-state index in [2.05, 4.69) is 0 Å².